The quantitative estimate of drug-likeness (QED) is 0.224. The lowest BCUT2D eigenvalue weighted by Crippen LogP contribution is -2.59. The summed E-state index contributed by atoms with van der Waals surface area (Å²) < 4.78 is 5.27. The number of aliphatic hydroxyl groups is 1. The van der Waals surface area contributed by atoms with Gasteiger partial charge in [-0.15, -0.1) is 0 Å². The second kappa shape index (κ2) is 6.03. The first kappa shape index (κ1) is 13.2. The van der Waals surface area contributed by atoms with Crippen LogP contribution in [0, 0.1) is 0 Å². The van der Waals surface area contributed by atoms with Crippen LogP contribution in [-0.2, 0) is 4.74 Å². The van der Waals surface area contributed by atoms with Crippen molar-refractivity contribution in [2.24, 2.45) is 10.9 Å². The lowest BCUT2D eigenvalue weighted by Gasteiger charge is -2.39. The Labute approximate surface area is 95.5 Å². The fourth-order valence-corrected chi connectivity index (χ4v) is 1.93. The summed E-state index contributed by atoms with van der Waals surface area (Å²) >= 11 is 0. The van der Waals surface area contributed by atoms with Crippen molar-refractivity contribution in [1.29, 1.82) is 0 Å². The Balaban J connectivity index is 2.66. The largest absolute Gasteiger partial charge is 0.409 e. The number of aliphatic hydroxyl groups excluding tert-OH is 1. The highest BCUT2D eigenvalue weighted by molar-refractivity contribution is 5.85. The molecule has 0 aromatic carbocycles. The van der Waals surface area contributed by atoms with Crippen LogP contribution in [0.2, 0.25) is 0 Å². The molecule has 0 radical (unpaired) electrons. The molecule has 1 saturated heterocycles. The molecule has 1 heterocycles. The van der Waals surface area contributed by atoms with Crippen LogP contribution < -0.4 is 11.1 Å². The Morgan fingerprint density at radius 3 is 2.62 bits per heavy atom. The smallest absolute Gasteiger partial charge is 0.156 e. The summed E-state index contributed by atoms with van der Waals surface area (Å²) in [6, 6.07) is -0.213. The van der Waals surface area contributed by atoms with Gasteiger partial charge in [0.1, 0.15) is 0 Å². The molecule has 5 N–H and O–H groups in total. The minimum atomic E-state index is -0.367. The van der Waals surface area contributed by atoms with E-state index in [9.17, 15) is 5.11 Å². The second-order valence-electron chi connectivity index (χ2n) is 4.18. The van der Waals surface area contributed by atoms with Crippen molar-refractivity contribution in [3.63, 3.8) is 0 Å². The number of hydrogen-bond acceptors (Lipinski definition) is 5. The van der Waals surface area contributed by atoms with Crippen molar-refractivity contribution in [2.45, 2.75) is 37.8 Å². The summed E-state index contributed by atoms with van der Waals surface area (Å²) in [5.41, 5.74) is 5.22. The number of nitrogens with one attached hydrogen (secondary N) is 1. The number of ether oxygens (including phenoxy) is 1. The molecule has 0 spiro atoms. The minimum absolute atomic E-state index is 0.0333. The standard InChI is InChI=1S/C10H21N3O3/c1-2-8(9(11)13-15)12-10(7-14)3-5-16-6-4-10/h8,12,14-15H,2-7H2,1H3,(H2,11,13). The van der Waals surface area contributed by atoms with Crippen LogP contribution in [0.25, 0.3) is 0 Å². The Hall–Kier alpha value is -0.850. The molecule has 6 nitrogen and oxygen atoms in total. The molecule has 0 bridgehead atoms. The molecule has 0 aromatic rings. The average molecular weight is 231 g/mol. The molecule has 1 aliphatic rings. The van der Waals surface area contributed by atoms with Gasteiger partial charge in [-0.1, -0.05) is 12.1 Å². The topological polar surface area (TPSA) is 100 Å². The van der Waals surface area contributed by atoms with Crippen LogP contribution in [-0.4, -0.2) is 47.6 Å². The van der Waals surface area contributed by atoms with E-state index in [0.717, 1.165) is 12.8 Å². The van der Waals surface area contributed by atoms with E-state index in [2.05, 4.69) is 10.5 Å². The van der Waals surface area contributed by atoms with E-state index in [-0.39, 0.29) is 24.0 Å². The normalized spacial score (nSPS) is 23.0. The highest BCUT2D eigenvalue weighted by Crippen LogP contribution is 2.21. The van der Waals surface area contributed by atoms with Gasteiger partial charge < -0.3 is 20.8 Å². The molecule has 0 saturated carbocycles. The summed E-state index contributed by atoms with van der Waals surface area (Å²) in [7, 11) is 0. The van der Waals surface area contributed by atoms with Crippen molar-refractivity contribution in [2.75, 3.05) is 19.8 Å². The molecule has 94 valence electrons. The molecule has 1 fully saturated rings. The Bertz CT molecular complexity index is 239. The van der Waals surface area contributed by atoms with Gasteiger partial charge in [0.2, 0.25) is 0 Å². The van der Waals surface area contributed by atoms with Crippen molar-refractivity contribution in [3.05, 3.63) is 0 Å². The molecule has 1 aliphatic heterocycles. The van der Waals surface area contributed by atoms with Crippen LogP contribution in [0.15, 0.2) is 5.16 Å². The Morgan fingerprint density at radius 2 is 2.19 bits per heavy atom. The number of oxime groups is 1. The van der Waals surface area contributed by atoms with E-state index >= 15 is 0 Å². The summed E-state index contributed by atoms with van der Waals surface area (Å²) in [6.07, 6.45) is 2.18. The number of hydrogen-bond donors (Lipinski definition) is 4. The van der Waals surface area contributed by atoms with E-state index < -0.39 is 0 Å². The van der Waals surface area contributed by atoms with E-state index in [0.29, 0.717) is 19.6 Å². The van der Waals surface area contributed by atoms with Crippen LogP contribution in [0.3, 0.4) is 0 Å². The van der Waals surface area contributed by atoms with Gasteiger partial charge in [0, 0.05) is 18.8 Å². The van der Waals surface area contributed by atoms with Gasteiger partial charge in [-0.05, 0) is 19.3 Å². The number of nitrogens with two attached hydrogens (primary N) is 1. The highest BCUT2D eigenvalue weighted by atomic mass is 16.5. The lowest BCUT2D eigenvalue weighted by molar-refractivity contribution is 0.00949. The average Bonchev–Trinajstić information content (AvgIpc) is 2.36. The molecule has 0 aliphatic carbocycles. The molecule has 0 aromatic heterocycles. The number of amidine groups is 1. The zero-order valence-electron chi connectivity index (χ0n) is 9.65. The third kappa shape index (κ3) is 3.07. The van der Waals surface area contributed by atoms with E-state index in [1.54, 1.807) is 0 Å². The monoisotopic (exact) mass is 231 g/mol. The van der Waals surface area contributed by atoms with Crippen molar-refractivity contribution in [1.82, 2.24) is 5.32 Å². The Kier molecular flexibility index (Phi) is 4.98. The second-order valence-corrected chi connectivity index (χ2v) is 4.18. The summed E-state index contributed by atoms with van der Waals surface area (Å²) in [5, 5.41) is 24.4. The van der Waals surface area contributed by atoms with Gasteiger partial charge in [-0.2, -0.15) is 0 Å². The molecule has 1 unspecified atom stereocenters. The van der Waals surface area contributed by atoms with Crippen LogP contribution >= 0.6 is 0 Å². The van der Waals surface area contributed by atoms with Crippen molar-refractivity contribution < 1.29 is 15.1 Å². The van der Waals surface area contributed by atoms with Gasteiger partial charge in [0.25, 0.3) is 0 Å². The SMILES string of the molecule is CCC(NC1(CO)CCOCC1)C(N)=NO. The Morgan fingerprint density at radius 1 is 1.56 bits per heavy atom. The summed E-state index contributed by atoms with van der Waals surface area (Å²) in [6.45, 7) is 3.23. The van der Waals surface area contributed by atoms with E-state index in [1.807, 2.05) is 6.92 Å². The van der Waals surface area contributed by atoms with Crippen molar-refractivity contribution >= 4 is 5.84 Å². The van der Waals surface area contributed by atoms with E-state index in [4.69, 9.17) is 15.7 Å². The number of nitrogens with zero attached hydrogens (tertiary/aromatic N) is 1. The highest BCUT2D eigenvalue weighted by Gasteiger charge is 2.34. The zero-order valence-corrected chi connectivity index (χ0v) is 9.65. The zero-order chi connectivity index (χ0) is 12.0. The fourth-order valence-electron chi connectivity index (χ4n) is 1.93. The van der Waals surface area contributed by atoms with Gasteiger partial charge in [0.15, 0.2) is 5.84 Å². The van der Waals surface area contributed by atoms with Gasteiger partial charge >= 0.3 is 0 Å². The number of rotatable bonds is 5. The molecule has 6 heteroatoms. The minimum Gasteiger partial charge on any atom is -0.409 e. The maximum absolute atomic E-state index is 9.48. The van der Waals surface area contributed by atoms with Crippen molar-refractivity contribution in [3.8, 4) is 0 Å². The maximum atomic E-state index is 9.48. The molecular weight excluding hydrogens is 210 g/mol. The van der Waals surface area contributed by atoms with Crippen LogP contribution in [0.5, 0.6) is 0 Å². The predicted molar refractivity (Wildman–Crippen MR) is 60.5 cm³/mol. The first-order chi connectivity index (χ1) is 7.67. The fraction of sp³-hybridized carbons (Fsp3) is 0.900. The molecule has 0 amide bonds. The van der Waals surface area contributed by atoms with Crippen LogP contribution in [0.1, 0.15) is 26.2 Å². The first-order valence-electron chi connectivity index (χ1n) is 5.61. The van der Waals surface area contributed by atoms with Crippen LogP contribution in [0.4, 0.5) is 0 Å². The third-order valence-corrected chi connectivity index (χ3v) is 3.11. The maximum Gasteiger partial charge on any atom is 0.156 e. The third-order valence-electron chi connectivity index (χ3n) is 3.11. The summed E-state index contributed by atoms with van der Waals surface area (Å²) in [5.74, 6) is 0.154. The lowest BCUT2D eigenvalue weighted by atomic mass is 9.89. The molecule has 16 heavy (non-hydrogen) atoms. The first-order valence-corrected chi connectivity index (χ1v) is 5.61. The van der Waals surface area contributed by atoms with E-state index in [1.165, 1.54) is 0 Å². The van der Waals surface area contributed by atoms with Gasteiger partial charge in [0.05, 0.1) is 12.6 Å². The molecular formula is C10H21N3O3. The van der Waals surface area contributed by atoms with Gasteiger partial charge in [-0.25, -0.2) is 0 Å². The molecule has 1 atom stereocenters. The molecule has 1 rings (SSSR count). The predicted octanol–water partition coefficient (Wildman–Crippen LogP) is -0.357. The summed E-state index contributed by atoms with van der Waals surface area (Å²) in [4.78, 5) is 0. The van der Waals surface area contributed by atoms with Gasteiger partial charge in [-0.3, -0.25) is 5.32 Å².